The first-order valence-corrected chi connectivity index (χ1v) is 19.2. The van der Waals surface area contributed by atoms with Crippen LogP contribution in [0.4, 0.5) is 0 Å². The fraction of sp³-hybridized carbons (Fsp3) is 0.283. The monoisotopic (exact) mass is 774 g/mol. The van der Waals surface area contributed by atoms with Crippen molar-refractivity contribution in [2.75, 3.05) is 13.7 Å². The second kappa shape index (κ2) is 19.7. The molecule has 0 amide bonds. The Balaban J connectivity index is 1.23. The summed E-state index contributed by atoms with van der Waals surface area (Å²) in [6.07, 6.45) is -3.11. The number of benzene rings is 5. The molecule has 10 heteroatoms. The van der Waals surface area contributed by atoms with E-state index in [1.54, 1.807) is 13.2 Å². The van der Waals surface area contributed by atoms with Crippen LogP contribution in [0.15, 0.2) is 140 Å². The van der Waals surface area contributed by atoms with Crippen LogP contribution in [0.5, 0.6) is 11.6 Å². The number of H-pyrrole nitrogens is 1. The van der Waals surface area contributed by atoms with Gasteiger partial charge in [0.15, 0.2) is 0 Å². The Morgan fingerprint density at radius 3 is 1.70 bits per heavy atom. The van der Waals surface area contributed by atoms with Gasteiger partial charge >= 0.3 is 0 Å². The molecular weight excluding hydrogens is 728 g/mol. The quantitative estimate of drug-likeness (QED) is 0.0925. The first-order chi connectivity index (χ1) is 27.5. The Morgan fingerprint density at radius 2 is 1.16 bits per heavy atom. The van der Waals surface area contributed by atoms with E-state index in [0.29, 0.717) is 42.9 Å². The summed E-state index contributed by atoms with van der Waals surface area (Å²) >= 11 is 6.71. The second-order valence-electron chi connectivity index (χ2n) is 13.7. The van der Waals surface area contributed by atoms with Gasteiger partial charge in [0.05, 0.1) is 40.1 Å². The van der Waals surface area contributed by atoms with E-state index in [9.17, 15) is 0 Å². The van der Waals surface area contributed by atoms with E-state index >= 15 is 0 Å². The molecule has 2 heterocycles. The zero-order valence-corrected chi connectivity index (χ0v) is 32.3. The lowest BCUT2D eigenvalue weighted by Gasteiger charge is -2.45. The highest BCUT2D eigenvalue weighted by atomic mass is 35.5. The molecule has 1 aromatic heterocycles. The van der Waals surface area contributed by atoms with Crippen molar-refractivity contribution in [3.05, 3.63) is 184 Å². The average molecular weight is 775 g/mol. The summed E-state index contributed by atoms with van der Waals surface area (Å²) in [4.78, 5) is 0. The number of nitrogens with zero attached hydrogens (tertiary/aromatic N) is 1. The van der Waals surface area contributed by atoms with E-state index in [4.69, 9.17) is 44.8 Å². The van der Waals surface area contributed by atoms with Crippen LogP contribution in [0.3, 0.4) is 0 Å². The SMILES string of the molecule is COc1ccc(Cc2c(OC3O[C@H](COCc4ccccc4)[C@@H](OCc4ccccc4)[C@H](OCc4ccccc4)[C@H]3OCc3ccccc3)n[nH]c2C)c(Cl)c1. The van der Waals surface area contributed by atoms with Crippen LogP contribution >= 0.6 is 11.6 Å². The molecule has 0 aliphatic carbocycles. The number of rotatable bonds is 18. The van der Waals surface area contributed by atoms with Crippen molar-refractivity contribution in [1.29, 1.82) is 0 Å². The van der Waals surface area contributed by atoms with Gasteiger partial charge in [0.2, 0.25) is 12.2 Å². The molecular formula is C46H47ClN2O7. The molecule has 1 fully saturated rings. The van der Waals surface area contributed by atoms with Crippen molar-refractivity contribution >= 4 is 11.6 Å². The predicted molar refractivity (Wildman–Crippen MR) is 215 cm³/mol. The highest BCUT2D eigenvalue weighted by Gasteiger charge is 2.50. The molecule has 290 valence electrons. The Labute approximate surface area is 333 Å². The molecule has 7 rings (SSSR count). The minimum Gasteiger partial charge on any atom is -0.497 e. The summed E-state index contributed by atoms with van der Waals surface area (Å²) in [7, 11) is 1.62. The zero-order valence-electron chi connectivity index (χ0n) is 31.6. The summed E-state index contributed by atoms with van der Waals surface area (Å²) in [6, 6.07) is 45.8. The topological polar surface area (TPSA) is 93.3 Å². The van der Waals surface area contributed by atoms with Gasteiger partial charge in [-0.3, -0.25) is 5.10 Å². The number of aromatic nitrogens is 2. The molecule has 5 atom stereocenters. The van der Waals surface area contributed by atoms with Crippen molar-refractivity contribution < 1.29 is 33.2 Å². The first-order valence-electron chi connectivity index (χ1n) is 18.8. The van der Waals surface area contributed by atoms with Crippen LogP contribution in [0.2, 0.25) is 5.02 Å². The van der Waals surface area contributed by atoms with Gasteiger partial charge < -0.3 is 33.2 Å². The van der Waals surface area contributed by atoms with Crippen LogP contribution < -0.4 is 9.47 Å². The molecule has 0 spiro atoms. The van der Waals surface area contributed by atoms with E-state index in [1.165, 1.54) is 0 Å². The smallest absolute Gasteiger partial charge is 0.238 e. The molecule has 1 aliphatic rings. The molecule has 1 unspecified atom stereocenters. The van der Waals surface area contributed by atoms with E-state index in [2.05, 4.69) is 10.2 Å². The number of halogens is 1. The number of aryl methyl sites for hydroxylation is 1. The van der Waals surface area contributed by atoms with E-state index in [0.717, 1.165) is 39.1 Å². The molecule has 1 aliphatic heterocycles. The highest BCUT2D eigenvalue weighted by molar-refractivity contribution is 6.31. The number of nitrogens with one attached hydrogen (secondary N) is 1. The third kappa shape index (κ3) is 10.4. The molecule has 6 aromatic rings. The molecule has 1 N–H and O–H groups in total. The van der Waals surface area contributed by atoms with Crippen molar-refractivity contribution in [3.63, 3.8) is 0 Å². The maximum Gasteiger partial charge on any atom is 0.238 e. The molecule has 0 bridgehead atoms. The van der Waals surface area contributed by atoms with Crippen LogP contribution in [-0.2, 0) is 56.5 Å². The number of methoxy groups -OCH3 is 1. The minimum absolute atomic E-state index is 0.207. The van der Waals surface area contributed by atoms with Crippen LogP contribution in [-0.4, -0.2) is 54.6 Å². The van der Waals surface area contributed by atoms with Crippen molar-refractivity contribution in [3.8, 4) is 11.6 Å². The maximum atomic E-state index is 6.91. The molecule has 0 saturated carbocycles. The normalized spacial score (nSPS) is 19.4. The summed E-state index contributed by atoms with van der Waals surface area (Å²) in [5.74, 6) is 1.06. The fourth-order valence-corrected chi connectivity index (χ4v) is 6.91. The summed E-state index contributed by atoms with van der Waals surface area (Å²) < 4.78 is 45.9. The standard InChI is InChI=1S/C46H47ClN2O7/c1-32-39(25-37-23-24-38(50-2)26-40(37)47)45(49-48-32)56-46-44(54-30-36-21-13-6-14-22-36)43(53-29-35-19-11-5-12-20-35)42(52-28-34-17-9-4-10-18-34)41(55-46)31-51-27-33-15-7-3-8-16-33/h3-24,26,41-44,46H,25,27-31H2,1-2H3,(H,48,49)/t41-,42-,43+,44-,46?/m1/s1. The Kier molecular flexibility index (Phi) is 13.8. The Hall–Kier alpha value is -5.00. The van der Waals surface area contributed by atoms with Crippen LogP contribution in [0, 0.1) is 6.92 Å². The number of hydrogen-bond donors (Lipinski definition) is 1. The van der Waals surface area contributed by atoms with Gasteiger partial charge in [0.1, 0.15) is 30.2 Å². The van der Waals surface area contributed by atoms with Gasteiger partial charge in [-0.2, -0.15) is 0 Å². The molecule has 56 heavy (non-hydrogen) atoms. The summed E-state index contributed by atoms with van der Waals surface area (Å²) in [6.45, 7) is 3.49. The lowest BCUT2D eigenvalue weighted by atomic mass is 9.97. The van der Waals surface area contributed by atoms with Crippen molar-refractivity contribution in [2.24, 2.45) is 0 Å². The second-order valence-corrected chi connectivity index (χ2v) is 14.1. The maximum absolute atomic E-state index is 6.91. The summed E-state index contributed by atoms with van der Waals surface area (Å²) in [5.41, 5.74) is 6.65. The van der Waals surface area contributed by atoms with Gasteiger partial charge in [-0.25, -0.2) is 0 Å². The number of hydrogen-bond acceptors (Lipinski definition) is 8. The van der Waals surface area contributed by atoms with Gasteiger partial charge in [-0.1, -0.05) is 139 Å². The molecule has 9 nitrogen and oxygen atoms in total. The molecule has 5 aromatic carbocycles. The van der Waals surface area contributed by atoms with Gasteiger partial charge in [-0.15, -0.1) is 5.10 Å². The average Bonchev–Trinajstić information content (AvgIpc) is 3.58. The van der Waals surface area contributed by atoms with Gasteiger partial charge in [0.25, 0.3) is 0 Å². The third-order valence-corrected chi connectivity index (χ3v) is 10.1. The van der Waals surface area contributed by atoms with Gasteiger partial charge in [0, 0.05) is 22.7 Å². The fourth-order valence-electron chi connectivity index (χ4n) is 6.68. The summed E-state index contributed by atoms with van der Waals surface area (Å²) in [5, 5.41) is 8.30. The van der Waals surface area contributed by atoms with Gasteiger partial charge in [-0.05, 0) is 46.9 Å². The lowest BCUT2D eigenvalue weighted by molar-refractivity contribution is -0.310. The first kappa shape index (κ1) is 39.2. The van der Waals surface area contributed by atoms with E-state index in [1.807, 2.05) is 140 Å². The lowest BCUT2D eigenvalue weighted by Crippen LogP contribution is -2.62. The predicted octanol–water partition coefficient (Wildman–Crippen LogP) is 9.05. The third-order valence-electron chi connectivity index (χ3n) is 9.73. The van der Waals surface area contributed by atoms with Crippen molar-refractivity contribution in [2.45, 2.75) is 70.5 Å². The molecule has 0 radical (unpaired) electrons. The zero-order chi connectivity index (χ0) is 38.5. The van der Waals surface area contributed by atoms with E-state index in [-0.39, 0.29) is 13.2 Å². The van der Waals surface area contributed by atoms with Crippen LogP contribution in [0.1, 0.15) is 39.1 Å². The highest BCUT2D eigenvalue weighted by Crippen LogP contribution is 2.35. The largest absolute Gasteiger partial charge is 0.497 e. The van der Waals surface area contributed by atoms with E-state index < -0.39 is 30.7 Å². The number of aromatic amines is 1. The Bertz CT molecular complexity index is 2070. The molecule has 1 saturated heterocycles. The Morgan fingerprint density at radius 1 is 0.643 bits per heavy atom. The van der Waals surface area contributed by atoms with Crippen LogP contribution in [0.25, 0.3) is 0 Å². The minimum atomic E-state index is -0.964. The van der Waals surface area contributed by atoms with Crippen molar-refractivity contribution in [1.82, 2.24) is 10.2 Å². The number of ether oxygens (including phenoxy) is 7.